The van der Waals surface area contributed by atoms with Crippen LogP contribution in [0.2, 0.25) is 0 Å². The quantitative estimate of drug-likeness (QED) is 0.178. The van der Waals surface area contributed by atoms with Crippen LogP contribution in [0.1, 0.15) is 31.4 Å². The Kier molecular flexibility index (Phi) is 7.62. The molecule has 0 aliphatic heterocycles. The highest BCUT2D eigenvalue weighted by Crippen LogP contribution is 2.24. The Labute approximate surface area is 191 Å². The molecule has 0 unspecified atom stereocenters. The van der Waals surface area contributed by atoms with Gasteiger partial charge in [-0.2, -0.15) is 10.4 Å². The number of benzene rings is 2. The van der Waals surface area contributed by atoms with E-state index in [0.717, 1.165) is 5.56 Å². The van der Waals surface area contributed by atoms with E-state index in [0.29, 0.717) is 41.4 Å². The second kappa shape index (κ2) is 10.8. The number of nitrogens with two attached hydrogens (primary N) is 2. The van der Waals surface area contributed by atoms with Gasteiger partial charge in [-0.3, -0.25) is 9.36 Å². The lowest BCUT2D eigenvalue weighted by Crippen LogP contribution is -2.31. The summed E-state index contributed by atoms with van der Waals surface area (Å²) >= 11 is 0. The SMILES string of the molecule is CC(C)Oc1ccc(Nc2nccn(-c3ccc(CC/C(=N/N)NN)cc3)c2=O)cc1C#N. The number of hydrazine groups is 1. The van der Waals surface area contributed by atoms with Gasteiger partial charge in [0.15, 0.2) is 5.82 Å². The molecule has 0 aliphatic carbocycles. The van der Waals surface area contributed by atoms with Crippen LogP contribution in [0.3, 0.4) is 0 Å². The number of amidine groups is 1. The van der Waals surface area contributed by atoms with Crippen molar-refractivity contribution in [2.24, 2.45) is 16.8 Å². The molecule has 1 aromatic heterocycles. The summed E-state index contributed by atoms with van der Waals surface area (Å²) in [5.74, 6) is 11.7. The predicted octanol–water partition coefficient (Wildman–Crippen LogP) is 2.30. The normalized spacial score (nSPS) is 11.2. The molecule has 2 aromatic carbocycles. The number of hydrazone groups is 1. The van der Waals surface area contributed by atoms with Crippen LogP contribution >= 0.6 is 0 Å². The number of hydrogen-bond acceptors (Lipinski definition) is 8. The van der Waals surface area contributed by atoms with E-state index in [-0.39, 0.29) is 17.5 Å². The van der Waals surface area contributed by atoms with E-state index >= 15 is 0 Å². The van der Waals surface area contributed by atoms with E-state index in [2.05, 4.69) is 26.9 Å². The highest BCUT2D eigenvalue weighted by Gasteiger charge is 2.11. The number of nitrogens with zero attached hydrogens (tertiary/aromatic N) is 4. The van der Waals surface area contributed by atoms with Gasteiger partial charge in [-0.25, -0.2) is 10.8 Å². The fraction of sp³-hybridized carbons (Fsp3) is 0.217. The summed E-state index contributed by atoms with van der Waals surface area (Å²) in [5.41, 5.74) is 4.80. The molecule has 33 heavy (non-hydrogen) atoms. The molecule has 10 nitrogen and oxygen atoms in total. The maximum atomic E-state index is 13.0. The van der Waals surface area contributed by atoms with Crippen molar-refractivity contribution in [1.29, 1.82) is 5.26 Å². The van der Waals surface area contributed by atoms with Gasteiger partial charge in [0.05, 0.1) is 11.7 Å². The summed E-state index contributed by atoms with van der Waals surface area (Å²) in [4.78, 5) is 17.2. The van der Waals surface area contributed by atoms with Gasteiger partial charge in [0.2, 0.25) is 0 Å². The highest BCUT2D eigenvalue weighted by molar-refractivity contribution is 5.81. The first-order chi connectivity index (χ1) is 15.9. The van der Waals surface area contributed by atoms with E-state index in [1.165, 1.54) is 10.8 Å². The van der Waals surface area contributed by atoms with Crippen LogP contribution in [0.25, 0.3) is 5.69 Å². The van der Waals surface area contributed by atoms with Crippen molar-refractivity contribution in [3.05, 3.63) is 76.3 Å². The molecule has 1 heterocycles. The molecule has 0 saturated carbocycles. The van der Waals surface area contributed by atoms with Gasteiger partial charge in [-0.05, 0) is 56.2 Å². The molecule has 3 aromatic rings. The van der Waals surface area contributed by atoms with E-state index in [4.69, 9.17) is 16.4 Å². The molecular weight excluding hydrogens is 420 g/mol. The van der Waals surface area contributed by atoms with Crippen molar-refractivity contribution < 1.29 is 4.74 Å². The molecule has 0 bridgehead atoms. The molecule has 170 valence electrons. The van der Waals surface area contributed by atoms with E-state index in [9.17, 15) is 10.1 Å². The second-order valence-corrected chi connectivity index (χ2v) is 7.45. The summed E-state index contributed by atoms with van der Waals surface area (Å²) < 4.78 is 7.14. The van der Waals surface area contributed by atoms with Crippen molar-refractivity contribution in [3.63, 3.8) is 0 Å². The third kappa shape index (κ3) is 5.87. The molecule has 3 rings (SSSR count). The first kappa shape index (κ1) is 23.3. The summed E-state index contributed by atoms with van der Waals surface area (Å²) in [7, 11) is 0. The average molecular weight is 447 g/mol. The molecule has 0 fully saturated rings. The number of aryl methyl sites for hydroxylation is 1. The first-order valence-corrected chi connectivity index (χ1v) is 10.3. The fourth-order valence-electron chi connectivity index (χ4n) is 3.15. The predicted molar refractivity (Wildman–Crippen MR) is 127 cm³/mol. The molecule has 0 saturated heterocycles. The molecule has 0 spiro atoms. The van der Waals surface area contributed by atoms with E-state index < -0.39 is 0 Å². The topological polar surface area (TPSA) is 156 Å². The maximum Gasteiger partial charge on any atom is 0.298 e. The second-order valence-electron chi connectivity index (χ2n) is 7.45. The van der Waals surface area contributed by atoms with Crippen LogP contribution in [0.4, 0.5) is 11.5 Å². The molecule has 6 N–H and O–H groups in total. The summed E-state index contributed by atoms with van der Waals surface area (Å²) in [6.07, 6.45) is 4.34. The van der Waals surface area contributed by atoms with E-state index in [1.807, 2.05) is 38.1 Å². The Balaban J connectivity index is 1.80. The molecule has 0 atom stereocenters. The Bertz CT molecular complexity index is 1230. The smallest absolute Gasteiger partial charge is 0.298 e. The Morgan fingerprint density at radius 3 is 2.67 bits per heavy atom. The van der Waals surface area contributed by atoms with E-state index in [1.54, 1.807) is 24.4 Å². The Morgan fingerprint density at radius 2 is 2.03 bits per heavy atom. The number of nitrogens with one attached hydrogen (secondary N) is 2. The fourth-order valence-corrected chi connectivity index (χ4v) is 3.15. The van der Waals surface area contributed by atoms with Crippen LogP contribution < -0.4 is 32.7 Å². The van der Waals surface area contributed by atoms with Crippen LogP contribution in [-0.2, 0) is 6.42 Å². The number of hydrogen-bond donors (Lipinski definition) is 4. The third-order valence-corrected chi connectivity index (χ3v) is 4.75. The monoisotopic (exact) mass is 446 g/mol. The van der Waals surface area contributed by atoms with Crippen LogP contribution in [0.5, 0.6) is 5.75 Å². The number of ether oxygens (including phenoxy) is 1. The standard InChI is InChI=1S/C23H26N8O2/c1-15(2)33-20-9-6-18(13-17(20)14-24)28-22-23(32)31(12-11-27-22)19-7-3-16(4-8-19)5-10-21(29-25)30-26/h3-4,6-9,11-13,15H,5,10,25-26H2,1-2H3,(H,27,28)(H,29,30). The summed E-state index contributed by atoms with van der Waals surface area (Å²) in [5, 5.41) is 16.0. The van der Waals surface area contributed by atoms with Crippen LogP contribution in [0, 0.1) is 11.3 Å². The minimum absolute atomic E-state index is 0.0570. The summed E-state index contributed by atoms with van der Waals surface area (Å²) in [6, 6.07) is 14.7. The average Bonchev–Trinajstić information content (AvgIpc) is 2.82. The van der Waals surface area contributed by atoms with Gasteiger partial charge in [-0.1, -0.05) is 12.1 Å². The molecule has 0 aliphatic rings. The lowest BCUT2D eigenvalue weighted by atomic mass is 10.1. The number of anilines is 2. The maximum absolute atomic E-state index is 13.0. The van der Waals surface area contributed by atoms with Gasteiger partial charge >= 0.3 is 0 Å². The largest absolute Gasteiger partial charge is 0.490 e. The number of nitriles is 1. The van der Waals surface area contributed by atoms with Crippen molar-refractivity contribution in [1.82, 2.24) is 15.0 Å². The minimum atomic E-state index is -0.323. The molecule has 0 radical (unpaired) electrons. The molecular formula is C23H26N8O2. The Hall–Kier alpha value is -4.36. The zero-order chi connectivity index (χ0) is 23.8. The molecule has 10 heteroatoms. The van der Waals surface area contributed by atoms with Crippen molar-refractivity contribution in [2.75, 3.05) is 5.32 Å². The van der Waals surface area contributed by atoms with Gasteiger partial charge in [-0.15, -0.1) is 0 Å². The first-order valence-electron chi connectivity index (χ1n) is 10.3. The molecule has 0 amide bonds. The van der Waals surface area contributed by atoms with Crippen molar-refractivity contribution in [2.45, 2.75) is 32.8 Å². The zero-order valence-electron chi connectivity index (χ0n) is 18.4. The van der Waals surface area contributed by atoms with Crippen molar-refractivity contribution >= 4 is 17.3 Å². The summed E-state index contributed by atoms with van der Waals surface area (Å²) in [6.45, 7) is 3.78. The van der Waals surface area contributed by atoms with Gasteiger partial charge < -0.3 is 21.3 Å². The lowest BCUT2D eigenvalue weighted by molar-refractivity contribution is 0.242. The Morgan fingerprint density at radius 1 is 1.27 bits per heavy atom. The number of aromatic nitrogens is 2. The van der Waals surface area contributed by atoms with Gasteiger partial charge in [0, 0.05) is 30.2 Å². The van der Waals surface area contributed by atoms with Crippen LogP contribution in [0.15, 0.2) is 64.8 Å². The van der Waals surface area contributed by atoms with Gasteiger partial charge in [0.25, 0.3) is 5.56 Å². The van der Waals surface area contributed by atoms with Gasteiger partial charge in [0.1, 0.15) is 17.7 Å². The van der Waals surface area contributed by atoms with Crippen molar-refractivity contribution in [3.8, 4) is 17.5 Å². The highest BCUT2D eigenvalue weighted by atomic mass is 16.5. The minimum Gasteiger partial charge on any atom is -0.490 e. The third-order valence-electron chi connectivity index (χ3n) is 4.75. The lowest BCUT2D eigenvalue weighted by Gasteiger charge is -2.13. The zero-order valence-corrected chi connectivity index (χ0v) is 18.4. The number of rotatable bonds is 8. The van der Waals surface area contributed by atoms with Crippen LogP contribution in [-0.4, -0.2) is 21.5 Å².